The van der Waals surface area contributed by atoms with E-state index in [2.05, 4.69) is 136 Å². The largest absolute Gasteiger partial charge is 0.425 e. The summed E-state index contributed by atoms with van der Waals surface area (Å²) in [5.74, 6) is 9.33. The number of carbonyl (C=O) groups is 3. The summed E-state index contributed by atoms with van der Waals surface area (Å²) in [6.07, 6.45) is 19.0. The number of imidazole rings is 3. The first kappa shape index (κ1) is 103. The summed E-state index contributed by atoms with van der Waals surface area (Å²) in [5.41, 5.74) is 6.59. The van der Waals surface area contributed by atoms with Gasteiger partial charge >= 0.3 is 17.1 Å². The molecule has 1 aliphatic rings. The highest BCUT2D eigenvalue weighted by atomic mass is 16.5. The molecule has 45 nitrogen and oxygen atoms in total. The van der Waals surface area contributed by atoms with Crippen LogP contribution in [0.5, 0.6) is 0 Å². The molecule has 3 amide bonds. The van der Waals surface area contributed by atoms with Gasteiger partial charge in [0, 0.05) is 163 Å². The van der Waals surface area contributed by atoms with E-state index >= 15 is 0 Å². The third-order valence-electron chi connectivity index (χ3n) is 12.4. The summed E-state index contributed by atoms with van der Waals surface area (Å²) >= 11 is 0. The van der Waals surface area contributed by atoms with Crippen LogP contribution in [0.1, 0.15) is 170 Å². The number of tetrazole rings is 1. The molecule has 0 spiro atoms. The summed E-state index contributed by atoms with van der Waals surface area (Å²) in [4.78, 5) is 106. The molecule has 0 atom stereocenters. The number of amides is 3. The molecular formula is C69H117N35O10. The van der Waals surface area contributed by atoms with E-state index in [4.69, 9.17) is 19.2 Å². The lowest BCUT2D eigenvalue weighted by atomic mass is 10.1. The van der Waals surface area contributed by atoms with Gasteiger partial charge in [-0.15, -0.1) is 20.4 Å². The number of nitrogens with zero attached hydrogens (tertiary/aromatic N) is 28. The lowest BCUT2D eigenvalue weighted by Gasteiger charge is -2.18. The van der Waals surface area contributed by atoms with Gasteiger partial charge in [-0.1, -0.05) is 57.9 Å². The van der Waals surface area contributed by atoms with Crippen LogP contribution < -0.4 is 28.1 Å². The first-order chi connectivity index (χ1) is 53.3. The normalized spacial score (nSPS) is 10.1. The molecule has 1 saturated heterocycles. The topological polar surface area (TPSA) is 566 Å². The second-order valence-electron chi connectivity index (χ2n) is 25.6. The maximum atomic E-state index is 10.5. The van der Waals surface area contributed by atoms with Gasteiger partial charge in [-0.3, -0.25) is 34.0 Å². The molecule has 0 saturated carbocycles. The van der Waals surface area contributed by atoms with Crippen LogP contribution in [0.3, 0.4) is 0 Å². The van der Waals surface area contributed by atoms with Crippen molar-refractivity contribution < 1.29 is 32.4 Å². The summed E-state index contributed by atoms with van der Waals surface area (Å²) in [5, 5.41) is 50.9. The van der Waals surface area contributed by atoms with Crippen LogP contribution in [0.4, 0.5) is 5.95 Å². The van der Waals surface area contributed by atoms with Gasteiger partial charge in [-0.25, -0.2) is 44.2 Å². The highest BCUT2D eigenvalue weighted by molar-refractivity contribution is 5.93. The Balaban J connectivity index is 0. The number of anilines is 1. The number of hydrogen-bond donors (Lipinski definition) is 7. The smallest absolute Gasteiger partial charge is 0.361 e. The van der Waals surface area contributed by atoms with Crippen molar-refractivity contribution in [1.29, 1.82) is 0 Å². The molecule has 0 bridgehead atoms. The van der Waals surface area contributed by atoms with Crippen molar-refractivity contribution in [2.45, 2.75) is 169 Å². The molecule has 14 rings (SSSR count). The average molecular weight is 1600 g/mol. The number of hydrogen-bond acceptors (Lipinski definition) is 31. The number of aryl methyl sites for hydroxylation is 16. The van der Waals surface area contributed by atoms with Crippen molar-refractivity contribution in [3.63, 3.8) is 0 Å². The Morgan fingerprint density at radius 1 is 0.640 bits per heavy atom. The van der Waals surface area contributed by atoms with Gasteiger partial charge in [0.2, 0.25) is 47.2 Å². The monoisotopic (exact) mass is 1600 g/mol. The number of aromatic amines is 5. The maximum Gasteiger partial charge on any atom is 0.361 e. The van der Waals surface area contributed by atoms with Crippen molar-refractivity contribution >= 4 is 23.7 Å². The van der Waals surface area contributed by atoms with Crippen molar-refractivity contribution in [3.8, 4) is 0 Å². The van der Waals surface area contributed by atoms with Gasteiger partial charge < -0.3 is 53.0 Å². The highest BCUT2D eigenvalue weighted by Gasteiger charge is 2.39. The molecule has 13 aromatic rings. The fraction of sp³-hybridized carbons (Fsp3) is 0.507. The standard InChI is InChI=1S/3C6H10N2O.C6H11NO.C6H7N.C5H8N2.C4H7N3O.2C4H6N2.C4H9NO.C3H6N4.3C3H5N3O.C3H5N3.C3H7NO/c1-4(2)6-8-7-5(3)9-6;1-4(2)6-7-5(3)9-8-6;1-4(2)6-7-5(3)8-9-6;1-6(2,3)7-4-5(7)8;1-6-4-2-3-5-7-6;1-5-6-3-4-7(5)2;1-3-5-4(8)7(2)6-3;1-4-2-5-3-6-4;1-6-3-2-5-4-6;1-4(6)5(2)3;1-3-4-6-7(2)5-3;1-6-2-4-3(7)5-6;1-2-5-3(4)6-7-2;1-2-4-3(7)6-5-2;1-6-4-2-3-5-6;1-3(5)4-2/h3*4H,1-3H3;4H2,1-3H3;2-5H,1H3;3-4H,1-2H3;1-2H3,(H,5,6,8);2-3H,1H3,(H,5,6);2-4H,1H3;1-3H3;1-2H3;2H,1H3,(H,5,7);1H3,(H2,4,6);1H3,(H2,4,5,6,7);2-3H,1H3;1-2H3,(H,4,5). The van der Waals surface area contributed by atoms with Gasteiger partial charge in [0.1, 0.15) is 30.3 Å². The molecule has 1 aliphatic heterocycles. The van der Waals surface area contributed by atoms with Crippen LogP contribution in [-0.2, 0) is 56.7 Å². The van der Waals surface area contributed by atoms with Crippen molar-refractivity contribution in [2.24, 2.45) is 42.3 Å². The minimum atomic E-state index is -0.303. The molecule has 0 aliphatic carbocycles. The van der Waals surface area contributed by atoms with Crippen molar-refractivity contribution in [2.75, 3.05) is 33.4 Å². The Hall–Kier alpha value is -13.4. The Kier molecular flexibility index (Phi) is 51.1. The zero-order valence-corrected chi connectivity index (χ0v) is 71.2. The summed E-state index contributed by atoms with van der Waals surface area (Å²) < 4.78 is 25.8. The number of carbonyl (C=O) groups excluding carboxylic acids is 3. The van der Waals surface area contributed by atoms with Gasteiger partial charge in [0.25, 0.3) is 5.95 Å². The quantitative estimate of drug-likeness (QED) is 0.108. The maximum absolute atomic E-state index is 10.5. The number of nitrogens with two attached hydrogens (primary N) is 1. The molecule has 8 N–H and O–H groups in total. The predicted molar refractivity (Wildman–Crippen MR) is 423 cm³/mol. The minimum Gasteiger partial charge on any atom is -0.425 e. The van der Waals surface area contributed by atoms with Crippen LogP contribution in [0, 0.1) is 69.2 Å². The van der Waals surface area contributed by atoms with Gasteiger partial charge in [0.05, 0.1) is 32.1 Å². The molecule has 114 heavy (non-hydrogen) atoms. The number of aromatic nitrogens is 31. The first-order valence-corrected chi connectivity index (χ1v) is 34.9. The van der Waals surface area contributed by atoms with Gasteiger partial charge in [-0.2, -0.15) is 49.9 Å². The first-order valence-electron chi connectivity index (χ1n) is 34.9. The second kappa shape index (κ2) is 56.8. The van der Waals surface area contributed by atoms with E-state index in [1.165, 1.54) is 44.0 Å². The molecule has 0 radical (unpaired) electrons. The molecule has 0 aromatic carbocycles. The fourth-order valence-corrected chi connectivity index (χ4v) is 6.10. The van der Waals surface area contributed by atoms with E-state index in [1.54, 1.807) is 141 Å². The van der Waals surface area contributed by atoms with Crippen LogP contribution in [0.25, 0.3) is 0 Å². The van der Waals surface area contributed by atoms with Crippen molar-refractivity contribution in [3.05, 3.63) is 194 Å². The van der Waals surface area contributed by atoms with Crippen LogP contribution in [0.15, 0.2) is 119 Å². The molecule has 45 heteroatoms. The van der Waals surface area contributed by atoms with Crippen LogP contribution >= 0.6 is 0 Å². The van der Waals surface area contributed by atoms with Crippen molar-refractivity contribution in [1.82, 2.24) is 170 Å². The Labute approximate surface area is 661 Å². The third kappa shape index (κ3) is 55.0. The van der Waals surface area contributed by atoms with E-state index < -0.39 is 0 Å². The SMILES string of the molecule is CC(=O)N(C)C.CC(C)(C)N1CC1=O.CNC(C)=O.Cc1ccccn1.Cc1cnc[nH]1.Cc1n[nH]c(=O)[nH]1.Cc1nc(C(C)C)no1.Cc1nc(N)no1.Cc1nccn1C.Cc1nn(C)c(=O)[nH]1.Cc1nnc(C(C)C)o1.Cc1nnn(C)n1.Cc1noc(C(C)C)n1.Cn1ccnc1.Cn1cnc(=O)[nH]1.Cn1nccn1. The lowest BCUT2D eigenvalue weighted by molar-refractivity contribution is -0.126. The van der Waals surface area contributed by atoms with E-state index in [-0.39, 0.29) is 46.3 Å². The highest BCUT2D eigenvalue weighted by Crippen LogP contribution is 2.22. The van der Waals surface area contributed by atoms with E-state index in [9.17, 15) is 28.8 Å². The lowest BCUT2D eigenvalue weighted by Crippen LogP contribution is -2.26. The average Bonchev–Trinajstić information content (AvgIpc) is 1.66. The van der Waals surface area contributed by atoms with Crippen LogP contribution in [-0.4, -0.2) is 215 Å². The number of rotatable bonds is 3. The minimum absolute atomic E-state index is 0.00463. The van der Waals surface area contributed by atoms with Crippen LogP contribution in [0.2, 0.25) is 0 Å². The molecule has 14 heterocycles. The molecule has 628 valence electrons. The molecule has 1 fully saturated rings. The number of nitrogen functional groups attached to an aromatic ring is 1. The van der Waals surface area contributed by atoms with E-state index in [0.29, 0.717) is 77.0 Å². The zero-order valence-electron chi connectivity index (χ0n) is 71.2. The zero-order chi connectivity index (χ0) is 87.2. The molecule has 13 aromatic heterocycles. The number of nitrogens with one attached hydrogen (secondary N) is 6. The van der Waals surface area contributed by atoms with Gasteiger partial charge in [0.15, 0.2) is 17.5 Å². The Morgan fingerprint density at radius 2 is 1.25 bits per heavy atom. The number of pyridine rings is 1. The number of H-pyrrole nitrogens is 5. The Morgan fingerprint density at radius 3 is 1.39 bits per heavy atom. The van der Waals surface area contributed by atoms with Gasteiger partial charge in [-0.05, 0) is 91.7 Å². The summed E-state index contributed by atoms with van der Waals surface area (Å²) in [7, 11) is 15.8. The fourth-order valence-electron chi connectivity index (χ4n) is 6.10. The van der Waals surface area contributed by atoms with E-state index in [1.807, 2.05) is 149 Å². The van der Waals surface area contributed by atoms with E-state index in [0.717, 1.165) is 23.0 Å². The predicted octanol–water partition coefficient (Wildman–Crippen LogP) is 5.46. The summed E-state index contributed by atoms with van der Waals surface area (Å²) in [6.45, 7) is 40.2. The second-order valence-corrected chi connectivity index (χ2v) is 25.6. The molecule has 0 unspecified atom stereocenters. The third-order valence-corrected chi connectivity index (χ3v) is 12.4. The Bertz CT molecular complexity index is 4390. The summed E-state index contributed by atoms with van der Waals surface area (Å²) in [6, 6.07) is 5.86. The molecular weight excluding hydrogens is 1480 g/mol.